The van der Waals surface area contributed by atoms with Crippen molar-refractivity contribution in [2.45, 2.75) is 54.9 Å². The largest absolute Gasteiger partial charge is 0.356 e. The van der Waals surface area contributed by atoms with Gasteiger partial charge in [0.1, 0.15) is 0 Å². The van der Waals surface area contributed by atoms with Crippen LogP contribution >= 0.6 is 0 Å². The van der Waals surface area contributed by atoms with Crippen LogP contribution in [0.2, 0.25) is 0 Å². The summed E-state index contributed by atoms with van der Waals surface area (Å²) in [5, 5.41) is 2.91. The van der Waals surface area contributed by atoms with Gasteiger partial charge in [0.2, 0.25) is 5.91 Å². The molecule has 0 heterocycles. The molecule has 0 aliphatic carbocycles. The van der Waals surface area contributed by atoms with E-state index in [2.05, 4.69) is 33.0 Å². The van der Waals surface area contributed by atoms with Gasteiger partial charge in [0, 0.05) is 12.0 Å². The Balaban J connectivity index is 4.56. The lowest BCUT2D eigenvalue weighted by Gasteiger charge is -2.36. The molecule has 0 bridgehead atoms. The van der Waals surface area contributed by atoms with Crippen LogP contribution in [0.15, 0.2) is 0 Å². The molecule has 0 fully saturated rings. The molecule has 0 atom stereocenters. The Morgan fingerprint density at radius 3 is 2.00 bits per heavy atom. The standard InChI is InChI=1S/C13H27NO/c1-8-14-11(15)13(6,7)9-12(4,5)10(2)3/h10H,8-9H2,1-7H3,(H,14,15). The highest BCUT2D eigenvalue weighted by molar-refractivity contribution is 5.81. The third kappa shape index (κ3) is 4.23. The van der Waals surface area contributed by atoms with Crippen LogP contribution < -0.4 is 5.32 Å². The minimum absolute atomic E-state index is 0.165. The molecule has 0 spiro atoms. The van der Waals surface area contributed by atoms with Gasteiger partial charge < -0.3 is 5.32 Å². The molecule has 0 saturated carbocycles. The van der Waals surface area contributed by atoms with Crippen molar-refractivity contribution in [3.05, 3.63) is 0 Å². The topological polar surface area (TPSA) is 29.1 Å². The first-order valence-electron chi connectivity index (χ1n) is 5.92. The van der Waals surface area contributed by atoms with E-state index in [-0.39, 0.29) is 16.7 Å². The van der Waals surface area contributed by atoms with E-state index in [1.54, 1.807) is 0 Å². The molecule has 0 aromatic carbocycles. The van der Waals surface area contributed by atoms with Crippen LogP contribution in [-0.4, -0.2) is 12.5 Å². The number of amides is 1. The molecule has 0 rings (SSSR count). The van der Waals surface area contributed by atoms with E-state index in [1.165, 1.54) is 0 Å². The minimum Gasteiger partial charge on any atom is -0.356 e. The molecule has 1 amide bonds. The fraction of sp³-hybridized carbons (Fsp3) is 0.923. The normalized spacial score (nSPS) is 13.1. The predicted octanol–water partition coefficient (Wildman–Crippen LogP) is 3.22. The lowest BCUT2D eigenvalue weighted by atomic mass is 9.69. The van der Waals surface area contributed by atoms with Crippen molar-refractivity contribution < 1.29 is 4.79 Å². The van der Waals surface area contributed by atoms with Crippen LogP contribution in [0.3, 0.4) is 0 Å². The van der Waals surface area contributed by atoms with Crippen LogP contribution in [0, 0.1) is 16.7 Å². The Morgan fingerprint density at radius 2 is 1.67 bits per heavy atom. The van der Waals surface area contributed by atoms with E-state index in [1.807, 2.05) is 20.8 Å². The quantitative estimate of drug-likeness (QED) is 0.746. The zero-order valence-electron chi connectivity index (χ0n) is 11.4. The van der Waals surface area contributed by atoms with Gasteiger partial charge in [-0.05, 0) is 24.7 Å². The van der Waals surface area contributed by atoms with Gasteiger partial charge in [-0.1, -0.05) is 41.5 Å². The number of nitrogens with one attached hydrogen (secondary N) is 1. The number of carbonyl (C=O) groups is 1. The highest BCUT2D eigenvalue weighted by Crippen LogP contribution is 2.39. The average molecular weight is 213 g/mol. The lowest BCUT2D eigenvalue weighted by molar-refractivity contribution is -0.131. The third-order valence-electron chi connectivity index (χ3n) is 3.41. The summed E-state index contributed by atoms with van der Waals surface area (Å²) < 4.78 is 0. The van der Waals surface area contributed by atoms with Gasteiger partial charge in [-0.2, -0.15) is 0 Å². The molecule has 2 nitrogen and oxygen atoms in total. The summed E-state index contributed by atoms with van der Waals surface area (Å²) in [5.41, 5.74) is -0.0711. The fourth-order valence-corrected chi connectivity index (χ4v) is 1.82. The van der Waals surface area contributed by atoms with Crippen molar-refractivity contribution in [2.75, 3.05) is 6.54 Å². The maximum absolute atomic E-state index is 11.9. The first-order chi connectivity index (χ1) is 6.63. The van der Waals surface area contributed by atoms with Gasteiger partial charge >= 0.3 is 0 Å². The molecule has 90 valence electrons. The summed E-state index contributed by atoms with van der Waals surface area (Å²) in [6.07, 6.45) is 0.920. The van der Waals surface area contributed by atoms with Crippen LogP contribution in [0.5, 0.6) is 0 Å². The molecule has 0 unspecified atom stereocenters. The summed E-state index contributed by atoms with van der Waals surface area (Å²) in [7, 11) is 0. The van der Waals surface area contributed by atoms with Crippen LogP contribution in [0.25, 0.3) is 0 Å². The van der Waals surface area contributed by atoms with Crippen molar-refractivity contribution in [2.24, 2.45) is 16.7 Å². The summed E-state index contributed by atoms with van der Waals surface area (Å²) in [5.74, 6) is 0.755. The zero-order chi connectivity index (χ0) is 12.3. The summed E-state index contributed by atoms with van der Waals surface area (Å²) in [6.45, 7) is 15.6. The molecule has 0 aliphatic heterocycles. The minimum atomic E-state index is -0.274. The first kappa shape index (κ1) is 14.5. The Bertz CT molecular complexity index is 217. The summed E-state index contributed by atoms with van der Waals surface area (Å²) in [6, 6.07) is 0. The highest BCUT2D eigenvalue weighted by Gasteiger charge is 2.35. The number of hydrogen-bond acceptors (Lipinski definition) is 1. The Morgan fingerprint density at radius 1 is 1.20 bits per heavy atom. The van der Waals surface area contributed by atoms with Crippen LogP contribution in [-0.2, 0) is 4.79 Å². The molecule has 0 radical (unpaired) electrons. The lowest BCUT2D eigenvalue weighted by Crippen LogP contribution is -2.40. The van der Waals surface area contributed by atoms with E-state index in [0.29, 0.717) is 12.5 Å². The number of rotatable bonds is 5. The van der Waals surface area contributed by atoms with Crippen molar-refractivity contribution >= 4 is 5.91 Å². The van der Waals surface area contributed by atoms with Gasteiger partial charge in [0.15, 0.2) is 0 Å². The monoisotopic (exact) mass is 213 g/mol. The van der Waals surface area contributed by atoms with Crippen molar-refractivity contribution in [3.63, 3.8) is 0 Å². The second-order valence-corrected chi connectivity index (χ2v) is 6.06. The molecular formula is C13H27NO. The van der Waals surface area contributed by atoms with E-state index in [0.717, 1.165) is 6.42 Å². The number of carbonyl (C=O) groups excluding carboxylic acids is 1. The summed E-state index contributed by atoms with van der Waals surface area (Å²) >= 11 is 0. The zero-order valence-corrected chi connectivity index (χ0v) is 11.4. The van der Waals surface area contributed by atoms with Crippen molar-refractivity contribution in [3.8, 4) is 0 Å². The van der Waals surface area contributed by atoms with E-state index in [9.17, 15) is 4.79 Å². The van der Waals surface area contributed by atoms with Crippen molar-refractivity contribution in [1.29, 1.82) is 0 Å². The smallest absolute Gasteiger partial charge is 0.225 e. The van der Waals surface area contributed by atoms with Crippen LogP contribution in [0.4, 0.5) is 0 Å². The third-order valence-corrected chi connectivity index (χ3v) is 3.41. The first-order valence-corrected chi connectivity index (χ1v) is 5.92. The number of hydrogen-bond donors (Lipinski definition) is 1. The van der Waals surface area contributed by atoms with Gasteiger partial charge in [-0.3, -0.25) is 4.79 Å². The van der Waals surface area contributed by atoms with Gasteiger partial charge in [0.05, 0.1) is 0 Å². The molecular weight excluding hydrogens is 186 g/mol. The molecule has 15 heavy (non-hydrogen) atoms. The summed E-state index contributed by atoms with van der Waals surface area (Å²) in [4.78, 5) is 11.9. The maximum atomic E-state index is 11.9. The molecule has 0 aromatic rings. The van der Waals surface area contributed by atoms with Crippen molar-refractivity contribution in [1.82, 2.24) is 5.32 Å². The van der Waals surface area contributed by atoms with E-state index >= 15 is 0 Å². The van der Waals surface area contributed by atoms with Gasteiger partial charge in [-0.25, -0.2) is 0 Å². The highest BCUT2D eigenvalue weighted by atomic mass is 16.2. The molecule has 1 N–H and O–H groups in total. The molecule has 0 aromatic heterocycles. The predicted molar refractivity (Wildman–Crippen MR) is 65.7 cm³/mol. The van der Waals surface area contributed by atoms with E-state index < -0.39 is 0 Å². The fourth-order valence-electron chi connectivity index (χ4n) is 1.82. The van der Waals surface area contributed by atoms with Gasteiger partial charge in [0.25, 0.3) is 0 Å². The second kappa shape index (κ2) is 5.00. The average Bonchev–Trinajstić information content (AvgIpc) is 2.02. The molecule has 2 heteroatoms. The molecule has 0 saturated heterocycles. The maximum Gasteiger partial charge on any atom is 0.225 e. The second-order valence-electron chi connectivity index (χ2n) is 6.06. The Kier molecular flexibility index (Phi) is 4.82. The van der Waals surface area contributed by atoms with Crippen LogP contribution in [0.1, 0.15) is 54.9 Å². The molecule has 0 aliphatic rings. The Labute approximate surface area is 94.8 Å². The van der Waals surface area contributed by atoms with Gasteiger partial charge in [-0.15, -0.1) is 0 Å². The SMILES string of the molecule is CCNC(=O)C(C)(C)CC(C)(C)C(C)C. The Hall–Kier alpha value is -0.530. The van der Waals surface area contributed by atoms with E-state index in [4.69, 9.17) is 0 Å².